The molecule has 0 spiro atoms. The number of aromatic nitrogens is 1. The maximum atomic E-state index is 12.6. The van der Waals surface area contributed by atoms with E-state index in [1.165, 1.54) is 75.3 Å². The SMILES string of the molecule is CCCCCC[C@H]1CC[C@H](C(=O)Oc2ccc(CCc3ccc(CCCCC)cn3)cc2)CC1. The van der Waals surface area contributed by atoms with Crippen LogP contribution in [0.15, 0.2) is 42.6 Å². The first-order valence-electron chi connectivity index (χ1n) is 13.9. The molecular formula is C31H45NO2. The summed E-state index contributed by atoms with van der Waals surface area (Å²) in [6.45, 7) is 4.50. The summed E-state index contributed by atoms with van der Waals surface area (Å²) < 4.78 is 5.72. The Labute approximate surface area is 207 Å². The molecule has 3 nitrogen and oxygen atoms in total. The van der Waals surface area contributed by atoms with Gasteiger partial charge in [0.05, 0.1) is 5.92 Å². The number of benzene rings is 1. The van der Waals surface area contributed by atoms with Crippen molar-refractivity contribution in [3.05, 3.63) is 59.4 Å². The molecule has 0 aliphatic heterocycles. The van der Waals surface area contributed by atoms with Crippen LogP contribution in [0.5, 0.6) is 5.75 Å². The third-order valence-electron chi connectivity index (χ3n) is 7.41. The number of ether oxygens (including phenoxy) is 1. The van der Waals surface area contributed by atoms with Gasteiger partial charge >= 0.3 is 5.97 Å². The maximum Gasteiger partial charge on any atom is 0.314 e. The lowest BCUT2D eigenvalue weighted by Crippen LogP contribution is -2.25. The summed E-state index contributed by atoms with van der Waals surface area (Å²) in [6.07, 6.45) is 19.8. The highest BCUT2D eigenvalue weighted by atomic mass is 16.5. The minimum atomic E-state index is -0.0413. The van der Waals surface area contributed by atoms with E-state index in [-0.39, 0.29) is 11.9 Å². The average Bonchev–Trinajstić information content (AvgIpc) is 2.87. The molecule has 186 valence electrons. The van der Waals surface area contributed by atoms with Crippen molar-refractivity contribution in [1.82, 2.24) is 4.98 Å². The third kappa shape index (κ3) is 9.24. The first-order valence-corrected chi connectivity index (χ1v) is 13.9. The lowest BCUT2D eigenvalue weighted by Gasteiger charge is -2.27. The number of esters is 1. The van der Waals surface area contributed by atoms with Gasteiger partial charge < -0.3 is 4.74 Å². The highest BCUT2D eigenvalue weighted by Crippen LogP contribution is 2.33. The summed E-state index contributed by atoms with van der Waals surface area (Å²) in [4.78, 5) is 17.3. The van der Waals surface area contributed by atoms with Crippen LogP contribution in [0.2, 0.25) is 0 Å². The summed E-state index contributed by atoms with van der Waals surface area (Å²) in [6, 6.07) is 12.4. The van der Waals surface area contributed by atoms with Crippen molar-refractivity contribution in [3.63, 3.8) is 0 Å². The fraction of sp³-hybridized carbons (Fsp3) is 0.613. The number of hydrogen-bond acceptors (Lipinski definition) is 3. The van der Waals surface area contributed by atoms with Gasteiger partial charge in [0, 0.05) is 11.9 Å². The van der Waals surface area contributed by atoms with Gasteiger partial charge in [0.2, 0.25) is 0 Å². The van der Waals surface area contributed by atoms with E-state index < -0.39 is 0 Å². The predicted molar refractivity (Wildman–Crippen MR) is 141 cm³/mol. The lowest BCUT2D eigenvalue weighted by atomic mass is 9.80. The van der Waals surface area contributed by atoms with E-state index in [1.54, 1.807) is 0 Å². The van der Waals surface area contributed by atoms with E-state index in [4.69, 9.17) is 4.74 Å². The molecule has 0 N–H and O–H groups in total. The molecular weight excluding hydrogens is 418 g/mol. The van der Waals surface area contributed by atoms with Crippen LogP contribution in [0.25, 0.3) is 0 Å². The van der Waals surface area contributed by atoms with E-state index in [2.05, 4.69) is 43.1 Å². The van der Waals surface area contributed by atoms with Gasteiger partial charge in [-0.1, -0.05) is 77.0 Å². The van der Waals surface area contributed by atoms with Gasteiger partial charge in [-0.05, 0) is 86.6 Å². The zero-order valence-electron chi connectivity index (χ0n) is 21.6. The highest BCUT2D eigenvalue weighted by Gasteiger charge is 2.27. The van der Waals surface area contributed by atoms with E-state index in [1.807, 2.05) is 18.3 Å². The fourth-order valence-corrected chi connectivity index (χ4v) is 5.07. The molecule has 1 aliphatic carbocycles. The van der Waals surface area contributed by atoms with Gasteiger partial charge in [-0.2, -0.15) is 0 Å². The lowest BCUT2D eigenvalue weighted by molar-refractivity contribution is -0.140. The number of unbranched alkanes of at least 4 members (excludes halogenated alkanes) is 5. The number of nitrogens with zero attached hydrogens (tertiary/aromatic N) is 1. The number of carbonyl (C=O) groups excluding carboxylic acids is 1. The van der Waals surface area contributed by atoms with Crippen molar-refractivity contribution in [2.75, 3.05) is 0 Å². The zero-order valence-corrected chi connectivity index (χ0v) is 21.6. The van der Waals surface area contributed by atoms with E-state index in [0.29, 0.717) is 5.75 Å². The van der Waals surface area contributed by atoms with Crippen molar-refractivity contribution >= 4 is 5.97 Å². The van der Waals surface area contributed by atoms with Crippen LogP contribution in [-0.2, 0) is 24.1 Å². The van der Waals surface area contributed by atoms with Crippen molar-refractivity contribution in [1.29, 1.82) is 0 Å². The number of hydrogen-bond donors (Lipinski definition) is 0. The molecule has 1 saturated carbocycles. The topological polar surface area (TPSA) is 39.2 Å². The van der Waals surface area contributed by atoms with Gasteiger partial charge in [-0.3, -0.25) is 9.78 Å². The first kappa shape index (κ1) is 26.4. The summed E-state index contributed by atoms with van der Waals surface area (Å²) >= 11 is 0. The molecule has 1 heterocycles. The minimum Gasteiger partial charge on any atom is -0.426 e. The molecule has 3 rings (SSSR count). The molecule has 3 heteroatoms. The second-order valence-corrected chi connectivity index (χ2v) is 10.2. The average molecular weight is 464 g/mol. The van der Waals surface area contributed by atoms with E-state index in [0.717, 1.165) is 43.7 Å². The first-order chi connectivity index (χ1) is 16.7. The molecule has 0 atom stereocenters. The number of aryl methyl sites for hydroxylation is 3. The van der Waals surface area contributed by atoms with Crippen LogP contribution in [0, 0.1) is 11.8 Å². The smallest absolute Gasteiger partial charge is 0.314 e. The molecule has 2 aromatic rings. The molecule has 0 bridgehead atoms. The molecule has 1 aromatic carbocycles. The fourth-order valence-electron chi connectivity index (χ4n) is 5.07. The number of pyridine rings is 1. The summed E-state index contributed by atoms with van der Waals surface area (Å²) in [7, 11) is 0. The Morgan fingerprint density at radius 2 is 1.50 bits per heavy atom. The van der Waals surface area contributed by atoms with Crippen molar-refractivity contribution in [3.8, 4) is 5.75 Å². The summed E-state index contributed by atoms with van der Waals surface area (Å²) in [5.74, 6) is 1.51. The number of carbonyl (C=O) groups is 1. The second kappa shape index (κ2) is 15.0. The Kier molecular flexibility index (Phi) is 11.6. The van der Waals surface area contributed by atoms with Crippen molar-refractivity contribution in [2.24, 2.45) is 11.8 Å². The van der Waals surface area contributed by atoms with Crippen LogP contribution in [0.3, 0.4) is 0 Å². The molecule has 1 aromatic heterocycles. The van der Waals surface area contributed by atoms with Crippen molar-refractivity contribution in [2.45, 2.75) is 110 Å². The normalized spacial score (nSPS) is 18.1. The van der Waals surface area contributed by atoms with Crippen LogP contribution in [-0.4, -0.2) is 11.0 Å². The van der Waals surface area contributed by atoms with Crippen LogP contribution >= 0.6 is 0 Å². The quantitative estimate of drug-likeness (QED) is 0.161. The Bertz CT molecular complexity index is 820. The second-order valence-electron chi connectivity index (χ2n) is 10.2. The Morgan fingerprint density at radius 3 is 2.18 bits per heavy atom. The maximum absolute atomic E-state index is 12.6. The monoisotopic (exact) mass is 463 g/mol. The van der Waals surface area contributed by atoms with Gasteiger partial charge in [0.1, 0.15) is 5.75 Å². The molecule has 0 amide bonds. The molecule has 0 unspecified atom stereocenters. The van der Waals surface area contributed by atoms with Crippen LogP contribution in [0.1, 0.15) is 108 Å². The summed E-state index contributed by atoms with van der Waals surface area (Å²) in [5.41, 5.74) is 3.72. The standard InChI is InChI=1S/C31H45NO2/c1-3-5-7-9-10-25-12-18-28(19-13-25)31(33)34-30-22-16-26(17-23-30)14-20-29-21-15-27(24-32-29)11-8-6-4-2/h15-17,21-25,28H,3-14,18-20H2,1-2H3/t25-,28-. The molecule has 0 radical (unpaired) electrons. The molecule has 1 aliphatic rings. The largest absolute Gasteiger partial charge is 0.426 e. The van der Waals surface area contributed by atoms with Crippen molar-refractivity contribution < 1.29 is 9.53 Å². The Morgan fingerprint density at radius 1 is 0.794 bits per heavy atom. The van der Waals surface area contributed by atoms with Crippen LogP contribution < -0.4 is 4.74 Å². The summed E-state index contributed by atoms with van der Waals surface area (Å²) in [5, 5.41) is 0. The minimum absolute atomic E-state index is 0.0413. The van der Waals surface area contributed by atoms with E-state index >= 15 is 0 Å². The molecule has 34 heavy (non-hydrogen) atoms. The predicted octanol–water partition coefficient (Wildman–Crippen LogP) is 8.28. The van der Waals surface area contributed by atoms with E-state index in [9.17, 15) is 4.79 Å². The Balaban J connectivity index is 1.36. The number of rotatable bonds is 14. The zero-order chi connectivity index (χ0) is 24.0. The van der Waals surface area contributed by atoms with Gasteiger partial charge in [-0.25, -0.2) is 0 Å². The van der Waals surface area contributed by atoms with Gasteiger partial charge in [0.25, 0.3) is 0 Å². The molecule has 0 saturated heterocycles. The van der Waals surface area contributed by atoms with Gasteiger partial charge in [-0.15, -0.1) is 0 Å². The van der Waals surface area contributed by atoms with Crippen LogP contribution in [0.4, 0.5) is 0 Å². The highest BCUT2D eigenvalue weighted by molar-refractivity contribution is 5.75. The third-order valence-corrected chi connectivity index (χ3v) is 7.41. The Hall–Kier alpha value is -2.16. The van der Waals surface area contributed by atoms with Gasteiger partial charge in [0.15, 0.2) is 0 Å². The molecule has 1 fully saturated rings.